The molecule has 0 radical (unpaired) electrons. The van der Waals surface area contributed by atoms with Crippen LogP contribution in [-0.4, -0.2) is 22.2 Å². The molecule has 0 bridgehead atoms. The summed E-state index contributed by atoms with van der Waals surface area (Å²) in [5.74, 6) is -0.0366. The van der Waals surface area contributed by atoms with E-state index >= 15 is 0 Å². The van der Waals surface area contributed by atoms with Gasteiger partial charge in [0.15, 0.2) is 0 Å². The number of nitrogens with zero attached hydrogens (tertiary/aromatic N) is 2. The molecule has 1 aliphatic rings. The van der Waals surface area contributed by atoms with Gasteiger partial charge in [-0.05, 0) is 37.0 Å². The van der Waals surface area contributed by atoms with Gasteiger partial charge in [-0.1, -0.05) is 66.7 Å². The Morgan fingerprint density at radius 2 is 1.80 bits per heavy atom. The average Bonchev–Trinajstić information content (AvgIpc) is 2.94. The molecule has 3 rings (SSSR count). The van der Waals surface area contributed by atoms with Crippen LogP contribution in [0.3, 0.4) is 0 Å². The predicted octanol–water partition coefficient (Wildman–Crippen LogP) is 4.81. The van der Waals surface area contributed by atoms with Gasteiger partial charge in [-0.3, -0.25) is 4.79 Å². The van der Waals surface area contributed by atoms with Crippen LogP contribution < -0.4 is 0 Å². The van der Waals surface area contributed by atoms with Crippen molar-refractivity contribution >= 4 is 17.2 Å². The van der Waals surface area contributed by atoms with E-state index in [0.717, 1.165) is 28.8 Å². The molecular formula is C22H24N2O. The number of hydrogen-bond acceptors (Lipinski definition) is 2. The smallest absolute Gasteiger partial charge is 0.240 e. The van der Waals surface area contributed by atoms with E-state index in [0.29, 0.717) is 6.42 Å². The number of hydrogen-bond donors (Lipinski definition) is 0. The molecule has 3 nitrogen and oxygen atoms in total. The van der Waals surface area contributed by atoms with Crippen molar-refractivity contribution < 1.29 is 4.79 Å². The van der Waals surface area contributed by atoms with Gasteiger partial charge < -0.3 is 0 Å². The summed E-state index contributed by atoms with van der Waals surface area (Å²) >= 11 is 0. The molecule has 2 aromatic rings. The zero-order valence-corrected chi connectivity index (χ0v) is 15.1. The average molecular weight is 332 g/mol. The molecule has 0 N–H and O–H groups in total. The third-order valence-corrected chi connectivity index (χ3v) is 4.74. The molecule has 25 heavy (non-hydrogen) atoms. The maximum atomic E-state index is 12.2. The molecule has 1 heterocycles. The molecule has 1 aliphatic heterocycles. The van der Waals surface area contributed by atoms with Crippen molar-refractivity contribution in [1.82, 2.24) is 5.01 Å². The van der Waals surface area contributed by atoms with Crippen molar-refractivity contribution in [3.05, 3.63) is 77.9 Å². The van der Waals surface area contributed by atoms with Gasteiger partial charge in [0.05, 0.1) is 11.3 Å². The molecule has 1 atom stereocenters. The Kier molecular flexibility index (Phi) is 4.58. The molecule has 0 aliphatic carbocycles. The lowest BCUT2D eigenvalue weighted by molar-refractivity contribution is -0.133. The fourth-order valence-electron chi connectivity index (χ4n) is 3.44. The van der Waals surface area contributed by atoms with Crippen LogP contribution in [0.2, 0.25) is 0 Å². The highest BCUT2D eigenvalue weighted by atomic mass is 16.2. The highest BCUT2D eigenvalue weighted by Gasteiger charge is 2.41. The van der Waals surface area contributed by atoms with Gasteiger partial charge in [0, 0.05) is 13.3 Å². The minimum Gasteiger partial charge on any atom is -0.273 e. The standard InChI is InChI=1S/C22H24N2O/c1-16-10-12-20(13-11-16)21-15-22(4,24(23-21)18(3)25)14-17(2)19-8-6-5-7-9-19/h5-13H,2,14-15H2,1,3-4H3. The van der Waals surface area contributed by atoms with Crippen molar-refractivity contribution in [3.8, 4) is 0 Å². The number of rotatable bonds is 4. The lowest BCUT2D eigenvalue weighted by Gasteiger charge is -2.32. The van der Waals surface area contributed by atoms with Gasteiger partial charge in [0.1, 0.15) is 0 Å². The lowest BCUT2D eigenvalue weighted by Crippen LogP contribution is -2.42. The fraction of sp³-hybridized carbons (Fsp3) is 0.273. The summed E-state index contributed by atoms with van der Waals surface area (Å²) in [6.45, 7) is 9.98. The summed E-state index contributed by atoms with van der Waals surface area (Å²) in [5, 5.41) is 6.28. The van der Waals surface area contributed by atoms with E-state index < -0.39 is 0 Å². The van der Waals surface area contributed by atoms with Crippen LogP contribution in [-0.2, 0) is 4.79 Å². The van der Waals surface area contributed by atoms with Gasteiger partial charge in [0.2, 0.25) is 5.91 Å². The molecule has 0 fully saturated rings. The van der Waals surface area contributed by atoms with Gasteiger partial charge in [-0.2, -0.15) is 5.10 Å². The van der Waals surface area contributed by atoms with Crippen LogP contribution in [0.25, 0.3) is 5.57 Å². The molecule has 1 unspecified atom stereocenters. The van der Waals surface area contributed by atoms with E-state index in [1.54, 1.807) is 11.9 Å². The van der Waals surface area contributed by atoms with E-state index in [4.69, 9.17) is 0 Å². The van der Waals surface area contributed by atoms with Gasteiger partial charge >= 0.3 is 0 Å². The Morgan fingerprint density at radius 3 is 2.40 bits per heavy atom. The predicted molar refractivity (Wildman–Crippen MR) is 103 cm³/mol. The molecule has 0 saturated carbocycles. The Bertz CT molecular complexity index is 821. The van der Waals surface area contributed by atoms with Gasteiger partial charge in [-0.15, -0.1) is 0 Å². The highest BCUT2D eigenvalue weighted by Crippen LogP contribution is 2.37. The van der Waals surface area contributed by atoms with Crippen molar-refractivity contribution in [3.63, 3.8) is 0 Å². The monoisotopic (exact) mass is 332 g/mol. The Balaban J connectivity index is 1.86. The second-order valence-corrected chi connectivity index (χ2v) is 7.06. The molecule has 128 valence electrons. The summed E-state index contributed by atoms with van der Waals surface area (Å²) in [4.78, 5) is 12.2. The largest absolute Gasteiger partial charge is 0.273 e. The van der Waals surface area contributed by atoms with Gasteiger partial charge in [-0.25, -0.2) is 5.01 Å². The third kappa shape index (κ3) is 3.55. The molecule has 0 saturated heterocycles. The van der Waals surface area contributed by atoms with Crippen molar-refractivity contribution in [2.24, 2.45) is 5.10 Å². The number of amides is 1. The molecule has 1 amide bonds. The zero-order valence-electron chi connectivity index (χ0n) is 15.1. The van der Waals surface area contributed by atoms with Gasteiger partial charge in [0.25, 0.3) is 0 Å². The molecule has 0 spiro atoms. The number of carbonyl (C=O) groups excluding carboxylic acids is 1. The number of benzene rings is 2. The zero-order chi connectivity index (χ0) is 18.0. The minimum absolute atomic E-state index is 0.0366. The Labute approximate surface area is 149 Å². The summed E-state index contributed by atoms with van der Waals surface area (Å²) < 4.78 is 0. The number of aryl methyl sites for hydroxylation is 1. The maximum Gasteiger partial charge on any atom is 0.240 e. The molecule has 3 heteroatoms. The quantitative estimate of drug-likeness (QED) is 0.790. The topological polar surface area (TPSA) is 32.7 Å². The summed E-state index contributed by atoms with van der Waals surface area (Å²) in [6.07, 6.45) is 1.41. The Hall–Kier alpha value is -2.68. The number of carbonyl (C=O) groups is 1. The maximum absolute atomic E-state index is 12.2. The van der Waals surface area contributed by atoms with E-state index in [-0.39, 0.29) is 11.4 Å². The van der Waals surface area contributed by atoms with Crippen molar-refractivity contribution in [2.45, 2.75) is 39.2 Å². The highest BCUT2D eigenvalue weighted by molar-refractivity contribution is 6.03. The SMILES string of the molecule is C=C(CC1(C)CC(c2ccc(C)cc2)=NN1C(C)=O)c1ccccc1. The second-order valence-electron chi connectivity index (χ2n) is 7.06. The van der Waals surface area contributed by atoms with Crippen LogP contribution in [0, 0.1) is 6.92 Å². The van der Waals surface area contributed by atoms with Crippen LogP contribution in [0.1, 0.15) is 43.4 Å². The summed E-state index contributed by atoms with van der Waals surface area (Å²) in [7, 11) is 0. The Morgan fingerprint density at radius 1 is 1.16 bits per heavy atom. The minimum atomic E-state index is -0.390. The molecule has 0 aromatic heterocycles. The first kappa shape index (κ1) is 17.2. The first-order valence-corrected chi connectivity index (χ1v) is 8.57. The van der Waals surface area contributed by atoms with Crippen molar-refractivity contribution in [2.75, 3.05) is 0 Å². The lowest BCUT2D eigenvalue weighted by atomic mass is 9.85. The van der Waals surface area contributed by atoms with E-state index in [9.17, 15) is 4.79 Å². The third-order valence-electron chi connectivity index (χ3n) is 4.74. The molecular weight excluding hydrogens is 308 g/mol. The van der Waals surface area contributed by atoms with Crippen LogP contribution in [0.5, 0.6) is 0 Å². The summed E-state index contributed by atoms with van der Waals surface area (Å²) in [5.41, 5.74) is 4.99. The molecule has 2 aromatic carbocycles. The van der Waals surface area contributed by atoms with E-state index in [1.165, 1.54) is 5.56 Å². The fourth-order valence-corrected chi connectivity index (χ4v) is 3.44. The first-order chi connectivity index (χ1) is 11.9. The van der Waals surface area contributed by atoms with Crippen molar-refractivity contribution in [1.29, 1.82) is 0 Å². The first-order valence-electron chi connectivity index (χ1n) is 8.57. The van der Waals surface area contributed by atoms with Crippen LogP contribution in [0.15, 0.2) is 66.3 Å². The van der Waals surface area contributed by atoms with E-state index in [1.807, 2.05) is 18.2 Å². The van der Waals surface area contributed by atoms with Crippen LogP contribution >= 0.6 is 0 Å². The summed E-state index contributed by atoms with van der Waals surface area (Å²) in [6, 6.07) is 18.4. The number of hydrazone groups is 1. The van der Waals surface area contributed by atoms with Crippen LogP contribution in [0.4, 0.5) is 0 Å². The van der Waals surface area contributed by atoms with E-state index in [2.05, 4.69) is 61.9 Å². The normalized spacial score (nSPS) is 19.6. The second kappa shape index (κ2) is 6.67.